The Hall–Kier alpha value is -3.94. The lowest BCUT2D eigenvalue weighted by atomic mass is 9.87. The van der Waals surface area contributed by atoms with E-state index in [1.807, 2.05) is 84.9 Å². The van der Waals surface area contributed by atoms with E-state index in [0.29, 0.717) is 23.8 Å². The maximum atomic E-state index is 13.6. The normalized spacial score (nSPS) is 14.7. The first-order valence-electron chi connectivity index (χ1n) is 15.7. The molecule has 0 bridgehead atoms. The second-order valence-corrected chi connectivity index (χ2v) is 12.6. The number of hydrogen-bond acceptors (Lipinski definition) is 5. The quantitative estimate of drug-likeness (QED) is 0.149. The average molecular weight is 671 g/mol. The van der Waals surface area contributed by atoms with Gasteiger partial charge >= 0.3 is 0 Å². The monoisotopic (exact) mass is 669 g/mol. The molecule has 1 fully saturated rings. The Morgan fingerprint density at radius 3 is 2.33 bits per heavy atom. The number of rotatable bonds is 13. The molecule has 2 N–H and O–H groups in total. The number of carbonyl (C=O) groups excluding carboxylic acids is 2. The number of aliphatic hydroxyl groups excluding tert-OH is 1. The number of aliphatic hydroxyl groups is 1. The second-order valence-electron chi connectivity index (χ2n) is 11.7. The summed E-state index contributed by atoms with van der Waals surface area (Å²) in [5.41, 5.74) is 3.08. The van der Waals surface area contributed by atoms with E-state index in [9.17, 15) is 14.7 Å². The number of halogens is 1. The number of amides is 1. The summed E-state index contributed by atoms with van der Waals surface area (Å²) < 4.78 is 13.0. The number of hydrogen-bond donors (Lipinski definition) is 2. The van der Waals surface area contributed by atoms with E-state index < -0.39 is 23.8 Å². The van der Waals surface area contributed by atoms with Gasteiger partial charge in [0.25, 0.3) is 5.91 Å². The predicted molar refractivity (Wildman–Crippen MR) is 181 cm³/mol. The molecule has 0 spiro atoms. The zero-order valence-electron chi connectivity index (χ0n) is 25.6. The Labute approximate surface area is 273 Å². The Morgan fingerprint density at radius 2 is 1.60 bits per heavy atom. The van der Waals surface area contributed by atoms with Crippen LogP contribution in [-0.4, -0.2) is 35.5 Å². The minimum atomic E-state index is -1.23. The van der Waals surface area contributed by atoms with E-state index >= 15 is 0 Å². The van der Waals surface area contributed by atoms with E-state index in [1.165, 1.54) is 39.0 Å². The van der Waals surface area contributed by atoms with Crippen LogP contribution in [0.2, 0.25) is 0 Å². The lowest BCUT2D eigenvalue weighted by Gasteiger charge is -2.22. The van der Waals surface area contributed by atoms with Crippen molar-refractivity contribution in [3.63, 3.8) is 0 Å². The highest BCUT2D eigenvalue weighted by Crippen LogP contribution is 2.33. The van der Waals surface area contributed by atoms with Gasteiger partial charge in [0.2, 0.25) is 0 Å². The van der Waals surface area contributed by atoms with Gasteiger partial charge in [-0.1, -0.05) is 109 Å². The maximum absolute atomic E-state index is 13.6. The van der Waals surface area contributed by atoms with Crippen molar-refractivity contribution in [1.82, 2.24) is 5.32 Å². The molecule has 6 nitrogen and oxygen atoms in total. The van der Waals surface area contributed by atoms with Crippen molar-refractivity contribution >= 4 is 27.6 Å². The van der Waals surface area contributed by atoms with Crippen LogP contribution in [0.3, 0.4) is 0 Å². The van der Waals surface area contributed by atoms with Crippen LogP contribution in [0.4, 0.5) is 0 Å². The van der Waals surface area contributed by atoms with Gasteiger partial charge in [-0.05, 0) is 73.2 Å². The van der Waals surface area contributed by atoms with Crippen LogP contribution in [0.25, 0.3) is 11.1 Å². The smallest absolute Gasteiger partial charge is 0.255 e. The Morgan fingerprint density at radius 1 is 0.889 bits per heavy atom. The molecule has 1 aliphatic carbocycles. The minimum absolute atomic E-state index is 0.226. The molecule has 1 aliphatic rings. The van der Waals surface area contributed by atoms with Crippen LogP contribution in [0.5, 0.6) is 17.2 Å². The lowest BCUT2D eigenvalue weighted by Crippen LogP contribution is -2.46. The molecule has 0 aromatic heterocycles. The van der Waals surface area contributed by atoms with Crippen molar-refractivity contribution in [2.45, 2.75) is 64.0 Å². The molecule has 1 amide bonds. The first kappa shape index (κ1) is 32.5. The zero-order chi connectivity index (χ0) is 31.6. The second kappa shape index (κ2) is 15.9. The van der Waals surface area contributed by atoms with Crippen molar-refractivity contribution in [2.24, 2.45) is 5.92 Å². The minimum Gasteiger partial charge on any atom is -0.493 e. The van der Waals surface area contributed by atoms with Gasteiger partial charge in [-0.25, -0.2) is 0 Å². The largest absolute Gasteiger partial charge is 0.493 e. The molecular formula is C38H40BrNO5. The SMILES string of the molecule is CC(O)C(=O)[C@H](Cc1ccc(-c2ccccc2Oc2ccccc2)cc1)NC(=O)c1cc(Br)ccc1OCCC1CCCCC1. The molecule has 5 rings (SSSR count). The lowest BCUT2D eigenvalue weighted by molar-refractivity contribution is -0.128. The summed E-state index contributed by atoms with van der Waals surface area (Å²) in [5.74, 6) is 1.75. The van der Waals surface area contributed by atoms with Gasteiger partial charge in [0.05, 0.1) is 18.2 Å². The summed E-state index contributed by atoms with van der Waals surface area (Å²) in [5, 5.41) is 13.1. The van der Waals surface area contributed by atoms with Crippen LogP contribution >= 0.6 is 15.9 Å². The van der Waals surface area contributed by atoms with Gasteiger partial charge in [-0.15, -0.1) is 0 Å². The van der Waals surface area contributed by atoms with E-state index in [0.717, 1.165) is 39.1 Å². The van der Waals surface area contributed by atoms with Crippen LogP contribution in [0.15, 0.2) is 102 Å². The molecule has 45 heavy (non-hydrogen) atoms. The maximum Gasteiger partial charge on any atom is 0.255 e. The summed E-state index contributed by atoms with van der Waals surface area (Å²) in [6.45, 7) is 1.96. The summed E-state index contributed by atoms with van der Waals surface area (Å²) in [6.07, 6.45) is 6.27. The van der Waals surface area contributed by atoms with Crippen molar-refractivity contribution in [3.05, 3.63) is 113 Å². The third-order valence-corrected chi connectivity index (χ3v) is 8.81. The molecule has 7 heteroatoms. The summed E-state index contributed by atoms with van der Waals surface area (Å²) in [7, 11) is 0. The molecule has 0 heterocycles. The van der Waals surface area contributed by atoms with E-state index in [2.05, 4.69) is 21.2 Å². The van der Waals surface area contributed by atoms with Gasteiger partial charge in [0.15, 0.2) is 5.78 Å². The third kappa shape index (κ3) is 9.05. The van der Waals surface area contributed by atoms with Crippen LogP contribution in [-0.2, 0) is 11.2 Å². The highest BCUT2D eigenvalue weighted by atomic mass is 79.9. The molecule has 0 aliphatic heterocycles. The standard InChI is InChI=1S/C38H40BrNO5/c1-26(41)37(42)34(40-38(43)33-25-30(39)20-21-35(33)44-23-22-27-10-4-2-5-11-27)24-28-16-18-29(19-17-28)32-14-8-9-15-36(32)45-31-12-6-3-7-13-31/h3,6-9,12-21,25-27,34,41H,2,4-5,10-11,22-24H2,1H3,(H,40,43)/t26?,34-/m0/s1. The molecular weight excluding hydrogens is 630 g/mol. The summed E-state index contributed by atoms with van der Waals surface area (Å²) in [6, 6.07) is 29.7. The molecule has 1 saturated carbocycles. The average Bonchev–Trinajstić information content (AvgIpc) is 3.06. The van der Waals surface area contributed by atoms with Crippen molar-refractivity contribution < 1.29 is 24.2 Å². The molecule has 4 aromatic rings. The van der Waals surface area contributed by atoms with Crippen LogP contribution < -0.4 is 14.8 Å². The fourth-order valence-corrected chi connectivity index (χ4v) is 6.19. The first-order valence-corrected chi connectivity index (χ1v) is 16.5. The summed E-state index contributed by atoms with van der Waals surface area (Å²) >= 11 is 3.47. The molecule has 234 valence electrons. The number of carbonyl (C=O) groups is 2. The number of nitrogens with one attached hydrogen (secondary N) is 1. The topological polar surface area (TPSA) is 84.9 Å². The highest BCUT2D eigenvalue weighted by molar-refractivity contribution is 9.10. The van der Waals surface area contributed by atoms with Crippen molar-refractivity contribution in [2.75, 3.05) is 6.61 Å². The molecule has 0 radical (unpaired) electrons. The number of Topliss-reactive ketones (excluding diaryl/α,β-unsaturated/α-hetero) is 1. The first-order chi connectivity index (χ1) is 21.9. The van der Waals surface area contributed by atoms with E-state index in [1.54, 1.807) is 12.1 Å². The van der Waals surface area contributed by atoms with Crippen LogP contribution in [0, 0.1) is 5.92 Å². The fraction of sp³-hybridized carbons (Fsp3) is 0.316. The number of benzene rings is 4. The molecule has 0 saturated heterocycles. The van der Waals surface area contributed by atoms with Gasteiger partial charge in [-0.2, -0.15) is 0 Å². The Kier molecular flexibility index (Phi) is 11.4. The number of ether oxygens (including phenoxy) is 2. The van der Waals surface area contributed by atoms with Gasteiger partial charge in [-0.3, -0.25) is 9.59 Å². The predicted octanol–water partition coefficient (Wildman–Crippen LogP) is 8.55. The summed E-state index contributed by atoms with van der Waals surface area (Å²) in [4.78, 5) is 26.7. The molecule has 4 aromatic carbocycles. The number of para-hydroxylation sites is 2. The number of ketones is 1. The Bertz CT molecular complexity index is 1570. The Balaban J connectivity index is 1.29. The zero-order valence-corrected chi connectivity index (χ0v) is 27.2. The fourth-order valence-electron chi connectivity index (χ4n) is 5.83. The van der Waals surface area contributed by atoms with Crippen LogP contribution in [0.1, 0.15) is 61.4 Å². The van der Waals surface area contributed by atoms with E-state index in [-0.39, 0.29) is 6.42 Å². The van der Waals surface area contributed by atoms with E-state index in [4.69, 9.17) is 9.47 Å². The third-order valence-electron chi connectivity index (χ3n) is 8.32. The van der Waals surface area contributed by atoms with Gasteiger partial charge in [0.1, 0.15) is 23.4 Å². The van der Waals surface area contributed by atoms with Crippen molar-refractivity contribution in [1.29, 1.82) is 0 Å². The van der Waals surface area contributed by atoms with Gasteiger partial charge in [0, 0.05) is 10.0 Å². The molecule has 2 atom stereocenters. The molecule has 1 unspecified atom stereocenters. The van der Waals surface area contributed by atoms with Crippen molar-refractivity contribution in [3.8, 4) is 28.4 Å². The highest BCUT2D eigenvalue weighted by Gasteiger charge is 2.27. The van der Waals surface area contributed by atoms with Gasteiger partial charge < -0.3 is 19.9 Å².